The Morgan fingerprint density at radius 2 is 2.28 bits per heavy atom. The quantitative estimate of drug-likeness (QED) is 0.838. The fourth-order valence-electron chi connectivity index (χ4n) is 2.48. The minimum absolute atomic E-state index is 0.551. The van der Waals surface area contributed by atoms with Crippen LogP contribution in [0.3, 0.4) is 0 Å². The van der Waals surface area contributed by atoms with Gasteiger partial charge in [0, 0.05) is 37.8 Å². The first-order valence-electron chi connectivity index (χ1n) is 6.56. The standard InChI is InChI=1S/C13H23N5/c1-10-15-11(4-6-14)8-13(16-10)18(3)12-5-7-17(2)9-12/h8,12H,4-7,9,14H2,1-3H3. The molecule has 0 aromatic carbocycles. The van der Waals surface area contributed by atoms with E-state index in [4.69, 9.17) is 5.73 Å². The average Bonchev–Trinajstić information content (AvgIpc) is 2.74. The van der Waals surface area contributed by atoms with Crippen molar-refractivity contribution < 1.29 is 0 Å². The summed E-state index contributed by atoms with van der Waals surface area (Å²) in [5.74, 6) is 1.85. The van der Waals surface area contributed by atoms with Gasteiger partial charge in [0.05, 0.1) is 0 Å². The first-order valence-corrected chi connectivity index (χ1v) is 6.56. The van der Waals surface area contributed by atoms with Crippen molar-refractivity contribution in [3.63, 3.8) is 0 Å². The van der Waals surface area contributed by atoms with Crippen molar-refractivity contribution >= 4 is 5.82 Å². The van der Waals surface area contributed by atoms with Gasteiger partial charge in [0.15, 0.2) is 0 Å². The summed E-state index contributed by atoms with van der Waals surface area (Å²) in [7, 11) is 4.29. The molecule has 0 radical (unpaired) electrons. The van der Waals surface area contributed by atoms with Crippen LogP contribution in [0, 0.1) is 6.92 Å². The third-order valence-corrected chi connectivity index (χ3v) is 3.55. The van der Waals surface area contributed by atoms with Crippen LogP contribution in [-0.2, 0) is 6.42 Å². The Kier molecular flexibility index (Phi) is 4.14. The maximum absolute atomic E-state index is 5.60. The van der Waals surface area contributed by atoms with Crippen molar-refractivity contribution in [3.8, 4) is 0 Å². The van der Waals surface area contributed by atoms with Crippen LogP contribution in [0.2, 0.25) is 0 Å². The maximum Gasteiger partial charge on any atom is 0.132 e. The second-order valence-corrected chi connectivity index (χ2v) is 5.12. The Hall–Kier alpha value is -1.20. The van der Waals surface area contributed by atoms with Gasteiger partial charge in [-0.2, -0.15) is 0 Å². The zero-order valence-electron chi connectivity index (χ0n) is 11.6. The van der Waals surface area contributed by atoms with Gasteiger partial charge in [-0.15, -0.1) is 0 Å². The SMILES string of the molecule is Cc1nc(CCN)cc(N(C)C2CCN(C)C2)n1. The van der Waals surface area contributed by atoms with E-state index >= 15 is 0 Å². The Bertz CT molecular complexity index is 406. The molecule has 2 heterocycles. The van der Waals surface area contributed by atoms with Gasteiger partial charge >= 0.3 is 0 Å². The highest BCUT2D eigenvalue weighted by Gasteiger charge is 2.24. The third-order valence-electron chi connectivity index (χ3n) is 3.55. The summed E-state index contributed by atoms with van der Waals surface area (Å²) < 4.78 is 0. The molecule has 1 aromatic rings. The average molecular weight is 249 g/mol. The second kappa shape index (κ2) is 5.63. The summed E-state index contributed by atoms with van der Waals surface area (Å²) in [6.45, 7) is 4.84. The molecule has 100 valence electrons. The predicted molar refractivity (Wildman–Crippen MR) is 73.8 cm³/mol. The van der Waals surface area contributed by atoms with Gasteiger partial charge in [-0.1, -0.05) is 0 Å². The smallest absolute Gasteiger partial charge is 0.132 e. The van der Waals surface area contributed by atoms with Gasteiger partial charge in [-0.25, -0.2) is 9.97 Å². The number of aryl methyl sites for hydroxylation is 1. The molecule has 5 nitrogen and oxygen atoms in total. The molecule has 1 fully saturated rings. The summed E-state index contributed by atoms with van der Waals surface area (Å²) in [6.07, 6.45) is 2.01. The van der Waals surface area contributed by atoms with E-state index in [1.54, 1.807) is 0 Å². The van der Waals surface area contributed by atoms with Crippen LogP contribution in [0.4, 0.5) is 5.82 Å². The van der Waals surface area contributed by atoms with E-state index in [0.29, 0.717) is 12.6 Å². The molecule has 1 aliphatic rings. The van der Waals surface area contributed by atoms with E-state index in [0.717, 1.165) is 36.8 Å². The fraction of sp³-hybridized carbons (Fsp3) is 0.692. The van der Waals surface area contributed by atoms with E-state index < -0.39 is 0 Å². The molecule has 2 rings (SSSR count). The zero-order chi connectivity index (χ0) is 13.1. The number of likely N-dealkylation sites (tertiary alicyclic amines) is 1. The molecule has 1 aliphatic heterocycles. The van der Waals surface area contributed by atoms with Crippen LogP contribution in [0.1, 0.15) is 17.9 Å². The minimum atomic E-state index is 0.551. The Morgan fingerprint density at radius 1 is 1.50 bits per heavy atom. The van der Waals surface area contributed by atoms with Crippen molar-refractivity contribution in [1.29, 1.82) is 0 Å². The summed E-state index contributed by atoms with van der Waals surface area (Å²) in [5, 5.41) is 0. The molecule has 0 saturated carbocycles. The van der Waals surface area contributed by atoms with E-state index in [1.165, 1.54) is 6.42 Å². The molecule has 0 aliphatic carbocycles. The Labute approximate surface area is 109 Å². The third kappa shape index (κ3) is 2.97. The number of nitrogens with zero attached hydrogens (tertiary/aromatic N) is 4. The van der Waals surface area contributed by atoms with E-state index in [2.05, 4.69) is 39.9 Å². The molecule has 0 bridgehead atoms. The minimum Gasteiger partial charge on any atom is -0.355 e. The summed E-state index contributed by atoms with van der Waals surface area (Å²) in [4.78, 5) is 13.6. The lowest BCUT2D eigenvalue weighted by molar-refractivity contribution is 0.409. The molecular formula is C13H23N5. The van der Waals surface area contributed by atoms with Gasteiger partial charge in [-0.3, -0.25) is 0 Å². The van der Waals surface area contributed by atoms with Crippen LogP contribution in [0.15, 0.2) is 6.07 Å². The number of nitrogens with two attached hydrogens (primary N) is 1. The molecule has 5 heteroatoms. The zero-order valence-corrected chi connectivity index (χ0v) is 11.6. The summed E-state index contributed by atoms with van der Waals surface area (Å²) in [6, 6.07) is 2.62. The first-order chi connectivity index (χ1) is 8.60. The number of anilines is 1. The number of hydrogen-bond acceptors (Lipinski definition) is 5. The lowest BCUT2D eigenvalue weighted by Crippen LogP contribution is -2.34. The molecule has 1 unspecified atom stereocenters. The number of likely N-dealkylation sites (N-methyl/N-ethyl adjacent to an activating group) is 2. The Balaban J connectivity index is 2.16. The van der Waals surface area contributed by atoms with Crippen molar-refractivity contribution in [2.75, 3.05) is 38.6 Å². The maximum atomic E-state index is 5.60. The molecule has 0 spiro atoms. The summed E-state index contributed by atoms with van der Waals surface area (Å²) >= 11 is 0. The highest BCUT2D eigenvalue weighted by Crippen LogP contribution is 2.19. The molecule has 1 saturated heterocycles. The predicted octanol–water partition coefficient (Wildman–Crippen LogP) is 0.427. The Morgan fingerprint density at radius 3 is 2.89 bits per heavy atom. The summed E-state index contributed by atoms with van der Waals surface area (Å²) in [5.41, 5.74) is 6.64. The van der Waals surface area contributed by atoms with E-state index in [1.807, 2.05) is 6.92 Å². The topological polar surface area (TPSA) is 58.3 Å². The molecule has 0 amide bonds. The number of aromatic nitrogens is 2. The molecule has 1 aromatic heterocycles. The van der Waals surface area contributed by atoms with Crippen LogP contribution in [-0.4, -0.2) is 54.6 Å². The van der Waals surface area contributed by atoms with Gasteiger partial charge in [0.1, 0.15) is 11.6 Å². The molecule has 18 heavy (non-hydrogen) atoms. The van der Waals surface area contributed by atoms with Gasteiger partial charge in [0.25, 0.3) is 0 Å². The normalized spacial score (nSPS) is 20.3. The van der Waals surface area contributed by atoms with E-state index in [9.17, 15) is 0 Å². The fourth-order valence-corrected chi connectivity index (χ4v) is 2.48. The number of rotatable bonds is 4. The highest BCUT2D eigenvalue weighted by atomic mass is 15.3. The number of hydrogen-bond donors (Lipinski definition) is 1. The van der Waals surface area contributed by atoms with Crippen molar-refractivity contribution in [2.24, 2.45) is 5.73 Å². The second-order valence-electron chi connectivity index (χ2n) is 5.12. The molecule has 1 atom stereocenters. The lowest BCUT2D eigenvalue weighted by atomic mass is 10.2. The first kappa shape index (κ1) is 13.2. The van der Waals surface area contributed by atoms with Gasteiger partial charge in [-0.05, 0) is 33.5 Å². The van der Waals surface area contributed by atoms with Crippen LogP contribution < -0.4 is 10.6 Å². The molecular weight excluding hydrogens is 226 g/mol. The van der Waals surface area contributed by atoms with Crippen molar-refractivity contribution in [3.05, 3.63) is 17.6 Å². The van der Waals surface area contributed by atoms with Gasteiger partial charge in [0.2, 0.25) is 0 Å². The van der Waals surface area contributed by atoms with Crippen LogP contribution in [0.5, 0.6) is 0 Å². The lowest BCUT2D eigenvalue weighted by Gasteiger charge is -2.26. The van der Waals surface area contributed by atoms with Crippen molar-refractivity contribution in [1.82, 2.24) is 14.9 Å². The molecule has 2 N–H and O–H groups in total. The van der Waals surface area contributed by atoms with Crippen molar-refractivity contribution in [2.45, 2.75) is 25.8 Å². The van der Waals surface area contributed by atoms with Gasteiger partial charge < -0.3 is 15.5 Å². The highest BCUT2D eigenvalue weighted by molar-refractivity contribution is 5.40. The van der Waals surface area contributed by atoms with E-state index in [-0.39, 0.29) is 0 Å². The van der Waals surface area contributed by atoms with Crippen LogP contribution >= 0.6 is 0 Å². The monoisotopic (exact) mass is 249 g/mol. The largest absolute Gasteiger partial charge is 0.355 e. The van der Waals surface area contributed by atoms with Crippen LogP contribution in [0.25, 0.3) is 0 Å².